The first-order valence-corrected chi connectivity index (χ1v) is 10.7. The summed E-state index contributed by atoms with van der Waals surface area (Å²) < 4.78 is 5.11. The second kappa shape index (κ2) is 10.4. The number of aliphatic carboxylic acids is 1. The summed E-state index contributed by atoms with van der Waals surface area (Å²) in [5.41, 5.74) is 0.835. The third kappa shape index (κ3) is 5.95. The van der Waals surface area contributed by atoms with Gasteiger partial charge in [0, 0.05) is 6.04 Å². The van der Waals surface area contributed by atoms with Crippen molar-refractivity contribution in [1.29, 1.82) is 0 Å². The first-order chi connectivity index (χ1) is 14.4. The Labute approximate surface area is 176 Å². The third-order valence-corrected chi connectivity index (χ3v) is 6.16. The summed E-state index contributed by atoms with van der Waals surface area (Å²) in [6.07, 6.45) is 4.29. The number of ether oxygens (including phenoxy) is 1. The summed E-state index contributed by atoms with van der Waals surface area (Å²) in [6, 6.07) is 7.79. The maximum absolute atomic E-state index is 12.5. The monoisotopic (exact) mass is 417 g/mol. The van der Waals surface area contributed by atoms with Crippen LogP contribution < -0.4 is 16.0 Å². The van der Waals surface area contributed by atoms with Crippen LogP contribution in [0.15, 0.2) is 30.3 Å². The molecule has 1 aliphatic heterocycles. The summed E-state index contributed by atoms with van der Waals surface area (Å²) in [4.78, 5) is 36.2. The molecule has 8 nitrogen and oxygen atoms in total. The summed E-state index contributed by atoms with van der Waals surface area (Å²) in [5.74, 6) is -0.886. The van der Waals surface area contributed by atoms with Crippen LogP contribution in [0.4, 0.5) is 4.79 Å². The Hall–Kier alpha value is -2.61. The zero-order valence-electron chi connectivity index (χ0n) is 17.3. The smallest absolute Gasteiger partial charge is 0.408 e. The molecule has 8 heteroatoms. The maximum atomic E-state index is 12.5. The van der Waals surface area contributed by atoms with Crippen LogP contribution in [0.3, 0.4) is 0 Å². The van der Waals surface area contributed by atoms with Gasteiger partial charge in [-0.2, -0.15) is 0 Å². The van der Waals surface area contributed by atoms with E-state index < -0.39 is 30.1 Å². The van der Waals surface area contributed by atoms with E-state index >= 15 is 0 Å². The van der Waals surface area contributed by atoms with E-state index in [4.69, 9.17) is 4.74 Å². The standard InChI is InChI=1S/C22H31N3O5/c1-14(24-22(29)30-13-15-7-3-2-4-8-15)20(26)25-19(21(27)28)11-16-12-23-18-10-6-5-9-17(16)18/h2-4,7-8,14,16-19,23H,5-6,9-13H2,1H3,(H,24,29)(H,25,26)(H,27,28). The molecule has 1 aliphatic carbocycles. The van der Waals surface area contributed by atoms with Crippen molar-refractivity contribution in [3.05, 3.63) is 35.9 Å². The lowest BCUT2D eigenvalue weighted by atomic mass is 9.77. The van der Waals surface area contributed by atoms with E-state index in [0.29, 0.717) is 18.4 Å². The summed E-state index contributed by atoms with van der Waals surface area (Å²) >= 11 is 0. The van der Waals surface area contributed by atoms with Gasteiger partial charge < -0.3 is 25.8 Å². The molecule has 1 heterocycles. The minimum absolute atomic E-state index is 0.0933. The molecule has 2 aliphatic rings. The minimum atomic E-state index is -1.05. The molecule has 30 heavy (non-hydrogen) atoms. The number of hydrogen-bond donors (Lipinski definition) is 4. The van der Waals surface area contributed by atoms with Crippen LogP contribution >= 0.6 is 0 Å². The van der Waals surface area contributed by atoms with Crippen LogP contribution in [0.2, 0.25) is 0 Å². The molecule has 1 saturated carbocycles. The van der Waals surface area contributed by atoms with Gasteiger partial charge in [0.05, 0.1) is 0 Å². The van der Waals surface area contributed by atoms with E-state index in [1.165, 1.54) is 19.8 Å². The van der Waals surface area contributed by atoms with Crippen molar-refractivity contribution in [2.24, 2.45) is 11.8 Å². The normalized spacial score (nSPS) is 24.9. The molecule has 2 amide bonds. The highest BCUT2D eigenvalue weighted by Gasteiger charge is 2.39. The third-order valence-electron chi connectivity index (χ3n) is 6.16. The first-order valence-electron chi connectivity index (χ1n) is 10.7. The largest absolute Gasteiger partial charge is 0.480 e. The number of rotatable bonds is 8. The van der Waals surface area contributed by atoms with Gasteiger partial charge in [-0.15, -0.1) is 0 Å². The van der Waals surface area contributed by atoms with Gasteiger partial charge in [0.25, 0.3) is 0 Å². The highest BCUT2D eigenvalue weighted by Crippen LogP contribution is 2.36. The van der Waals surface area contributed by atoms with Crippen LogP contribution in [0.25, 0.3) is 0 Å². The molecule has 1 aromatic rings. The number of amides is 2. The Kier molecular flexibility index (Phi) is 7.68. The molecule has 5 atom stereocenters. The Morgan fingerprint density at radius 1 is 1.17 bits per heavy atom. The average molecular weight is 418 g/mol. The number of benzene rings is 1. The predicted molar refractivity (Wildman–Crippen MR) is 111 cm³/mol. The molecular formula is C22H31N3O5. The van der Waals surface area contributed by atoms with E-state index in [1.807, 2.05) is 30.3 Å². The SMILES string of the molecule is CC(NC(=O)OCc1ccccc1)C(=O)NC(CC1CNC2CCCCC12)C(=O)O. The lowest BCUT2D eigenvalue weighted by Crippen LogP contribution is -2.51. The van der Waals surface area contributed by atoms with Crippen molar-refractivity contribution in [3.8, 4) is 0 Å². The zero-order chi connectivity index (χ0) is 21.5. The molecule has 164 valence electrons. The van der Waals surface area contributed by atoms with Crippen molar-refractivity contribution in [3.63, 3.8) is 0 Å². The second-order valence-corrected chi connectivity index (χ2v) is 8.29. The number of nitrogens with one attached hydrogen (secondary N) is 3. The Morgan fingerprint density at radius 3 is 2.63 bits per heavy atom. The molecule has 4 N–H and O–H groups in total. The maximum Gasteiger partial charge on any atom is 0.408 e. The summed E-state index contributed by atoms with van der Waals surface area (Å²) in [6.45, 7) is 2.39. The summed E-state index contributed by atoms with van der Waals surface area (Å²) in [7, 11) is 0. The minimum Gasteiger partial charge on any atom is -0.480 e. The molecule has 0 spiro atoms. The van der Waals surface area contributed by atoms with E-state index in [9.17, 15) is 19.5 Å². The van der Waals surface area contributed by atoms with Gasteiger partial charge in [0.15, 0.2) is 0 Å². The number of carboxylic acids is 1. The highest BCUT2D eigenvalue weighted by atomic mass is 16.5. The van der Waals surface area contributed by atoms with Crippen LogP contribution in [0.1, 0.15) is 44.6 Å². The molecule has 1 aromatic carbocycles. The van der Waals surface area contributed by atoms with Crippen LogP contribution in [-0.4, -0.2) is 47.7 Å². The van der Waals surface area contributed by atoms with Crippen molar-refractivity contribution in [1.82, 2.24) is 16.0 Å². The Bertz CT molecular complexity index is 742. The number of carboxylic acid groups (broad SMARTS) is 1. The number of carbonyl (C=O) groups is 3. The number of alkyl carbamates (subject to hydrolysis) is 1. The number of hydrogen-bond acceptors (Lipinski definition) is 5. The van der Waals surface area contributed by atoms with Gasteiger partial charge in [-0.1, -0.05) is 43.2 Å². The zero-order valence-corrected chi connectivity index (χ0v) is 17.3. The molecule has 1 saturated heterocycles. The van der Waals surface area contributed by atoms with Crippen LogP contribution in [0.5, 0.6) is 0 Å². The lowest BCUT2D eigenvalue weighted by Gasteiger charge is -2.30. The van der Waals surface area contributed by atoms with Crippen molar-refractivity contribution < 1.29 is 24.2 Å². The topological polar surface area (TPSA) is 117 Å². The molecule has 0 radical (unpaired) electrons. The quantitative estimate of drug-likeness (QED) is 0.514. The van der Waals surface area contributed by atoms with Crippen molar-refractivity contribution in [2.75, 3.05) is 6.54 Å². The molecule has 5 unspecified atom stereocenters. The summed E-state index contributed by atoms with van der Waals surface area (Å²) in [5, 5.41) is 18.1. The second-order valence-electron chi connectivity index (χ2n) is 8.29. The molecule has 3 rings (SSSR count). The van der Waals surface area contributed by atoms with Crippen LogP contribution in [-0.2, 0) is 20.9 Å². The number of fused-ring (bicyclic) bond motifs is 1. The van der Waals surface area contributed by atoms with Gasteiger partial charge in [0.2, 0.25) is 5.91 Å². The van der Waals surface area contributed by atoms with Gasteiger partial charge >= 0.3 is 12.1 Å². The van der Waals surface area contributed by atoms with Gasteiger partial charge in [-0.3, -0.25) is 4.79 Å². The van der Waals surface area contributed by atoms with E-state index in [-0.39, 0.29) is 12.5 Å². The Balaban J connectivity index is 1.46. The molecular weight excluding hydrogens is 386 g/mol. The lowest BCUT2D eigenvalue weighted by molar-refractivity contribution is -0.142. The Morgan fingerprint density at radius 2 is 1.90 bits per heavy atom. The average Bonchev–Trinajstić information content (AvgIpc) is 3.15. The fraction of sp³-hybridized carbons (Fsp3) is 0.591. The fourth-order valence-electron chi connectivity index (χ4n) is 4.52. The first kappa shape index (κ1) is 22.1. The van der Waals surface area contributed by atoms with E-state index in [0.717, 1.165) is 24.9 Å². The van der Waals surface area contributed by atoms with Gasteiger partial charge in [-0.05, 0) is 50.1 Å². The van der Waals surface area contributed by atoms with Gasteiger partial charge in [-0.25, -0.2) is 9.59 Å². The molecule has 0 aromatic heterocycles. The van der Waals surface area contributed by atoms with Gasteiger partial charge in [0.1, 0.15) is 18.7 Å². The molecule has 0 bridgehead atoms. The van der Waals surface area contributed by atoms with Crippen molar-refractivity contribution >= 4 is 18.0 Å². The van der Waals surface area contributed by atoms with E-state index in [1.54, 1.807) is 0 Å². The fourth-order valence-corrected chi connectivity index (χ4v) is 4.52. The van der Waals surface area contributed by atoms with E-state index in [2.05, 4.69) is 16.0 Å². The van der Waals surface area contributed by atoms with Crippen LogP contribution in [0, 0.1) is 11.8 Å². The molecule has 2 fully saturated rings. The highest BCUT2D eigenvalue weighted by molar-refractivity contribution is 5.88. The predicted octanol–water partition coefficient (Wildman–Crippen LogP) is 2.04. The van der Waals surface area contributed by atoms with Crippen molar-refractivity contribution in [2.45, 2.75) is 63.8 Å². The number of carbonyl (C=O) groups excluding carboxylic acids is 2.